The number of rotatable bonds is 6. The lowest BCUT2D eigenvalue weighted by molar-refractivity contribution is 0.0215. The number of halogens is 2. The summed E-state index contributed by atoms with van der Waals surface area (Å²) in [6.07, 6.45) is 2.27. The van der Waals surface area contributed by atoms with Crippen LogP contribution >= 0.6 is 11.6 Å². The Hall–Kier alpha value is -2.45. The van der Waals surface area contributed by atoms with Crippen LogP contribution in [-0.4, -0.2) is 40.9 Å². The summed E-state index contributed by atoms with van der Waals surface area (Å²) in [5.41, 5.74) is 0.856. The minimum absolute atomic E-state index is 0.0368. The molecule has 0 radical (unpaired) electrons. The van der Waals surface area contributed by atoms with Crippen LogP contribution in [0.3, 0.4) is 0 Å². The van der Waals surface area contributed by atoms with Gasteiger partial charge in [-0.15, -0.1) is 0 Å². The lowest BCUT2D eigenvalue weighted by atomic mass is 10.2. The molecule has 1 fully saturated rings. The Kier molecular flexibility index (Phi) is 5.59. The first-order valence-corrected chi connectivity index (χ1v) is 9.53. The number of aromatic nitrogens is 3. The zero-order valence-corrected chi connectivity index (χ0v) is 16.0. The second kappa shape index (κ2) is 8.28. The summed E-state index contributed by atoms with van der Waals surface area (Å²) < 4.78 is 36.3. The zero-order valence-electron chi connectivity index (χ0n) is 15.3. The van der Waals surface area contributed by atoms with Gasteiger partial charge in [0.2, 0.25) is 5.89 Å². The molecule has 1 aliphatic heterocycles. The molecule has 0 aliphatic carbocycles. The highest BCUT2D eigenvalue weighted by molar-refractivity contribution is 6.33. The van der Waals surface area contributed by atoms with E-state index in [1.165, 1.54) is 18.2 Å². The van der Waals surface area contributed by atoms with Crippen molar-refractivity contribution in [2.75, 3.05) is 19.8 Å². The molecule has 3 aromatic rings. The molecule has 9 heteroatoms. The third-order valence-corrected chi connectivity index (χ3v) is 4.58. The Bertz CT molecular complexity index is 975. The van der Waals surface area contributed by atoms with Gasteiger partial charge in [-0.1, -0.05) is 18.5 Å². The number of ether oxygens (including phenoxy) is 3. The van der Waals surface area contributed by atoms with E-state index in [9.17, 15) is 4.39 Å². The Morgan fingerprint density at radius 3 is 2.82 bits per heavy atom. The highest BCUT2D eigenvalue weighted by Crippen LogP contribution is 2.33. The van der Waals surface area contributed by atoms with Crippen molar-refractivity contribution >= 4 is 22.8 Å². The molecule has 0 unspecified atom stereocenters. The molecular weight excluding hydrogens is 389 g/mol. The average Bonchev–Trinajstić information content (AvgIpc) is 3.13. The standard InChI is InChI=1S/C19H19ClFN3O4/c1-2-7-26-17-15-18(24-19(23-17)27-12-5-8-25-9-6-12)28-16(22-15)13-10-11(21)3-4-14(13)20/h3-4,10,12H,2,5-9H2,1H3. The summed E-state index contributed by atoms with van der Waals surface area (Å²) in [6, 6.07) is 4.12. The van der Waals surface area contributed by atoms with Gasteiger partial charge < -0.3 is 18.6 Å². The van der Waals surface area contributed by atoms with Crippen molar-refractivity contribution in [3.05, 3.63) is 29.0 Å². The number of hydrogen-bond donors (Lipinski definition) is 0. The van der Waals surface area contributed by atoms with Crippen LogP contribution in [0.15, 0.2) is 22.6 Å². The van der Waals surface area contributed by atoms with E-state index in [1.807, 2.05) is 6.92 Å². The van der Waals surface area contributed by atoms with E-state index in [0.29, 0.717) is 35.9 Å². The number of fused-ring (bicyclic) bond motifs is 1. The van der Waals surface area contributed by atoms with Gasteiger partial charge in [0.25, 0.3) is 11.6 Å². The third-order valence-electron chi connectivity index (χ3n) is 4.25. The molecule has 28 heavy (non-hydrogen) atoms. The fourth-order valence-electron chi connectivity index (χ4n) is 2.85. The molecule has 0 amide bonds. The van der Waals surface area contributed by atoms with Gasteiger partial charge in [0.15, 0.2) is 5.52 Å². The number of hydrogen-bond acceptors (Lipinski definition) is 7. The second-order valence-corrected chi connectivity index (χ2v) is 6.79. The van der Waals surface area contributed by atoms with E-state index in [4.69, 9.17) is 30.2 Å². The first-order valence-electron chi connectivity index (χ1n) is 9.15. The van der Waals surface area contributed by atoms with Gasteiger partial charge in [-0.25, -0.2) is 9.37 Å². The maximum absolute atomic E-state index is 13.6. The quantitative estimate of drug-likeness (QED) is 0.598. The maximum Gasteiger partial charge on any atom is 0.323 e. The minimum Gasteiger partial charge on any atom is -0.476 e. The molecule has 0 N–H and O–H groups in total. The Morgan fingerprint density at radius 2 is 2.04 bits per heavy atom. The van der Waals surface area contributed by atoms with E-state index >= 15 is 0 Å². The van der Waals surface area contributed by atoms with Gasteiger partial charge in [-0.3, -0.25) is 0 Å². The number of benzene rings is 1. The fourth-order valence-corrected chi connectivity index (χ4v) is 3.05. The van der Waals surface area contributed by atoms with Crippen LogP contribution < -0.4 is 9.47 Å². The van der Waals surface area contributed by atoms with E-state index in [-0.39, 0.29) is 29.6 Å². The largest absolute Gasteiger partial charge is 0.476 e. The summed E-state index contributed by atoms with van der Waals surface area (Å²) in [5.74, 6) is -0.0477. The summed E-state index contributed by atoms with van der Waals surface area (Å²) in [7, 11) is 0. The fraction of sp³-hybridized carbons (Fsp3) is 0.421. The molecule has 0 spiro atoms. The SMILES string of the molecule is CCCOc1nc(OC2CCOCC2)nc2oc(-c3cc(F)ccc3Cl)nc12. The molecule has 148 valence electrons. The molecule has 4 rings (SSSR count). The number of oxazole rings is 1. The summed E-state index contributed by atoms with van der Waals surface area (Å²) in [6.45, 7) is 3.71. The van der Waals surface area contributed by atoms with Crippen LogP contribution in [0.25, 0.3) is 22.7 Å². The Morgan fingerprint density at radius 1 is 1.21 bits per heavy atom. The van der Waals surface area contributed by atoms with E-state index in [0.717, 1.165) is 19.3 Å². The highest BCUT2D eigenvalue weighted by Gasteiger charge is 2.22. The average molecular weight is 408 g/mol. The van der Waals surface area contributed by atoms with Crippen molar-refractivity contribution in [3.8, 4) is 23.3 Å². The highest BCUT2D eigenvalue weighted by atomic mass is 35.5. The molecule has 1 aromatic carbocycles. The van der Waals surface area contributed by atoms with Gasteiger partial charge in [0.05, 0.1) is 30.4 Å². The molecule has 0 saturated carbocycles. The van der Waals surface area contributed by atoms with Crippen molar-refractivity contribution in [2.24, 2.45) is 0 Å². The zero-order chi connectivity index (χ0) is 19.5. The topological polar surface area (TPSA) is 79.5 Å². The lowest BCUT2D eigenvalue weighted by Gasteiger charge is -2.22. The van der Waals surface area contributed by atoms with Crippen molar-refractivity contribution in [1.29, 1.82) is 0 Å². The van der Waals surface area contributed by atoms with Crippen LogP contribution in [0.5, 0.6) is 11.9 Å². The van der Waals surface area contributed by atoms with Crippen LogP contribution in [0, 0.1) is 5.82 Å². The Labute approximate surface area is 165 Å². The lowest BCUT2D eigenvalue weighted by Crippen LogP contribution is -2.26. The molecule has 0 bridgehead atoms. The van der Waals surface area contributed by atoms with E-state index < -0.39 is 5.82 Å². The second-order valence-electron chi connectivity index (χ2n) is 6.39. The van der Waals surface area contributed by atoms with Crippen molar-refractivity contribution in [1.82, 2.24) is 15.0 Å². The molecule has 1 saturated heterocycles. The van der Waals surface area contributed by atoms with Gasteiger partial charge in [0, 0.05) is 12.8 Å². The predicted molar refractivity (Wildman–Crippen MR) is 100 cm³/mol. The summed E-state index contributed by atoms with van der Waals surface area (Å²) in [5, 5.41) is 0.315. The molecule has 3 heterocycles. The van der Waals surface area contributed by atoms with Gasteiger partial charge in [0.1, 0.15) is 11.9 Å². The molecule has 1 aliphatic rings. The number of nitrogens with zero attached hydrogens (tertiary/aromatic N) is 3. The Balaban J connectivity index is 1.73. The van der Waals surface area contributed by atoms with Gasteiger partial charge in [-0.05, 0) is 24.6 Å². The smallest absolute Gasteiger partial charge is 0.323 e. The molecule has 7 nitrogen and oxygen atoms in total. The summed E-state index contributed by atoms with van der Waals surface area (Å²) in [4.78, 5) is 13.1. The van der Waals surface area contributed by atoms with E-state index in [2.05, 4.69) is 15.0 Å². The first kappa shape index (κ1) is 18.9. The van der Waals surface area contributed by atoms with Crippen LogP contribution in [0.2, 0.25) is 5.02 Å². The molecular formula is C19H19ClFN3O4. The summed E-state index contributed by atoms with van der Waals surface area (Å²) >= 11 is 6.17. The van der Waals surface area contributed by atoms with Crippen LogP contribution in [-0.2, 0) is 4.74 Å². The van der Waals surface area contributed by atoms with Crippen molar-refractivity contribution < 1.29 is 23.0 Å². The predicted octanol–water partition coefficient (Wildman–Crippen LogP) is 4.42. The monoisotopic (exact) mass is 407 g/mol. The van der Waals surface area contributed by atoms with Crippen LogP contribution in [0.1, 0.15) is 26.2 Å². The van der Waals surface area contributed by atoms with Crippen LogP contribution in [0.4, 0.5) is 4.39 Å². The van der Waals surface area contributed by atoms with Gasteiger partial charge in [-0.2, -0.15) is 9.97 Å². The normalized spacial score (nSPS) is 15.1. The molecule has 0 atom stereocenters. The van der Waals surface area contributed by atoms with Crippen molar-refractivity contribution in [3.63, 3.8) is 0 Å². The first-order chi connectivity index (χ1) is 13.6. The maximum atomic E-state index is 13.6. The third kappa shape index (κ3) is 4.02. The van der Waals surface area contributed by atoms with Gasteiger partial charge >= 0.3 is 6.01 Å². The van der Waals surface area contributed by atoms with E-state index in [1.54, 1.807) is 0 Å². The molecule has 2 aromatic heterocycles. The minimum atomic E-state index is -0.446. The van der Waals surface area contributed by atoms with Crippen molar-refractivity contribution in [2.45, 2.75) is 32.3 Å².